The highest BCUT2D eigenvalue weighted by molar-refractivity contribution is 6.98. The number of rotatable bonds is 5. The number of allylic oxidation sites excluding steroid dienone is 4. The van der Waals surface area contributed by atoms with Gasteiger partial charge in [0.05, 0.1) is 7.11 Å². The summed E-state index contributed by atoms with van der Waals surface area (Å²) in [5, 5.41) is 3.21. The van der Waals surface area contributed by atoms with Crippen LogP contribution in [0.2, 0.25) is 12.1 Å². The predicted octanol–water partition coefficient (Wildman–Crippen LogP) is 5.23. The first kappa shape index (κ1) is 17.1. The van der Waals surface area contributed by atoms with Crippen molar-refractivity contribution in [2.75, 3.05) is 7.11 Å². The van der Waals surface area contributed by atoms with Crippen LogP contribution in [0.4, 0.5) is 0 Å². The summed E-state index contributed by atoms with van der Waals surface area (Å²) in [6.45, 7) is 14.1. The molecule has 0 saturated carbocycles. The molecule has 1 atom stereocenters. The van der Waals surface area contributed by atoms with Crippen LogP contribution in [0.5, 0.6) is 5.75 Å². The Morgan fingerprint density at radius 1 is 1.00 bits per heavy atom. The number of hydrogen-bond donors (Lipinski definition) is 0. The Balaban J connectivity index is 2.70. The van der Waals surface area contributed by atoms with Crippen molar-refractivity contribution < 1.29 is 4.74 Å². The largest absolute Gasteiger partial charge is 0.497 e. The number of para-hydroxylation sites is 1. The normalized spacial score (nSPS) is 19.1. The van der Waals surface area contributed by atoms with Crippen LogP contribution in [0.15, 0.2) is 46.2 Å². The van der Waals surface area contributed by atoms with Gasteiger partial charge in [0.2, 0.25) is 0 Å². The van der Waals surface area contributed by atoms with E-state index in [-0.39, 0.29) is 0 Å². The molecule has 2 heteroatoms. The fourth-order valence-corrected chi connectivity index (χ4v) is 9.67. The lowest BCUT2D eigenvalue weighted by Crippen LogP contribution is -2.51. The van der Waals surface area contributed by atoms with Crippen molar-refractivity contribution in [2.45, 2.75) is 53.6 Å². The van der Waals surface area contributed by atoms with Gasteiger partial charge in [0.1, 0.15) is 13.8 Å². The number of methoxy groups -OCH3 is 1. The van der Waals surface area contributed by atoms with Gasteiger partial charge < -0.3 is 4.74 Å². The van der Waals surface area contributed by atoms with Gasteiger partial charge in [0.25, 0.3) is 0 Å². The highest BCUT2D eigenvalue weighted by Crippen LogP contribution is 2.44. The van der Waals surface area contributed by atoms with Gasteiger partial charge in [-0.05, 0) is 43.5 Å². The summed E-state index contributed by atoms with van der Waals surface area (Å²) in [6, 6.07) is 11.2. The fourth-order valence-electron chi connectivity index (χ4n) is 4.33. The lowest BCUT2D eigenvalue weighted by atomic mass is 10.1. The van der Waals surface area contributed by atoms with E-state index in [0.717, 1.165) is 5.75 Å². The van der Waals surface area contributed by atoms with Gasteiger partial charge in [-0.3, -0.25) is 0 Å². The van der Waals surface area contributed by atoms with E-state index >= 15 is 0 Å². The Morgan fingerprint density at radius 3 is 2.05 bits per heavy atom. The molecule has 0 fully saturated rings. The summed E-state index contributed by atoms with van der Waals surface area (Å²) < 4.78 is 5.74. The molecular weight excluding hydrogens is 284 g/mol. The standard InChI is InChI=1S/C20H30OSi/c1-8-22(9-2,19-13-11-10-12-18(19)21-7)20-16(5)14(3)15(4)17(20)6/h10-13,16H,8-9H2,1-7H3. The molecule has 0 amide bonds. The highest BCUT2D eigenvalue weighted by Gasteiger charge is 2.43. The SMILES string of the molecule is CC[Si](CC)(C1=C(C)C(C)=C(C)C1C)c1ccccc1OC. The van der Waals surface area contributed by atoms with Crippen LogP contribution < -0.4 is 9.92 Å². The molecule has 0 saturated heterocycles. The molecule has 0 radical (unpaired) electrons. The maximum Gasteiger partial charge on any atom is 0.118 e. The van der Waals surface area contributed by atoms with Crippen LogP contribution in [0.1, 0.15) is 41.5 Å². The minimum Gasteiger partial charge on any atom is -0.497 e. The van der Waals surface area contributed by atoms with E-state index in [1.54, 1.807) is 23.5 Å². The minimum absolute atomic E-state index is 0.580. The van der Waals surface area contributed by atoms with E-state index in [4.69, 9.17) is 4.74 Å². The topological polar surface area (TPSA) is 9.23 Å². The van der Waals surface area contributed by atoms with E-state index in [2.05, 4.69) is 65.8 Å². The monoisotopic (exact) mass is 314 g/mol. The van der Waals surface area contributed by atoms with Crippen LogP contribution in [0.3, 0.4) is 0 Å². The van der Waals surface area contributed by atoms with E-state index in [1.807, 2.05) is 0 Å². The maximum absolute atomic E-state index is 5.74. The first-order valence-corrected chi connectivity index (χ1v) is 10.9. The number of hydrogen-bond acceptors (Lipinski definition) is 1. The molecule has 2 rings (SSSR count). The molecular formula is C20H30OSi. The smallest absolute Gasteiger partial charge is 0.118 e. The van der Waals surface area contributed by atoms with Crippen molar-refractivity contribution in [3.8, 4) is 5.75 Å². The Labute approximate surface area is 137 Å². The second-order valence-electron chi connectivity index (χ2n) is 6.56. The predicted molar refractivity (Wildman–Crippen MR) is 99.6 cm³/mol. The second kappa shape index (κ2) is 6.45. The zero-order valence-corrected chi connectivity index (χ0v) is 16.2. The third kappa shape index (κ3) is 2.38. The molecule has 0 spiro atoms. The van der Waals surface area contributed by atoms with Gasteiger partial charge >= 0.3 is 0 Å². The molecule has 0 bridgehead atoms. The summed E-state index contributed by atoms with van der Waals surface area (Å²) in [5.74, 6) is 1.66. The van der Waals surface area contributed by atoms with Gasteiger partial charge in [-0.15, -0.1) is 0 Å². The fraction of sp³-hybridized carbons (Fsp3) is 0.500. The summed E-state index contributed by atoms with van der Waals surface area (Å²) >= 11 is 0. The Morgan fingerprint density at radius 2 is 1.59 bits per heavy atom. The van der Waals surface area contributed by atoms with Crippen molar-refractivity contribution in [3.05, 3.63) is 46.2 Å². The van der Waals surface area contributed by atoms with Gasteiger partial charge in [-0.2, -0.15) is 0 Å². The molecule has 0 heterocycles. The molecule has 1 unspecified atom stereocenters. The average molecular weight is 315 g/mol. The zero-order chi connectivity index (χ0) is 16.5. The van der Waals surface area contributed by atoms with Gasteiger partial charge in [0.15, 0.2) is 0 Å². The Kier molecular flexibility index (Phi) is 5.01. The molecule has 120 valence electrons. The van der Waals surface area contributed by atoms with Crippen LogP contribution >= 0.6 is 0 Å². The minimum atomic E-state index is -1.75. The van der Waals surface area contributed by atoms with Gasteiger partial charge in [-0.25, -0.2) is 0 Å². The first-order valence-electron chi connectivity index (χ1n) is 8.47. The molecule has 0 aliphatic heterocycles. The van der Waals surface area contributed by atoms with Crippen LogP contribution in [0, 0.1) is 5.92 Å². The number of ether oxygens (including phenoxy) is 1. The molecule has 1 aromatic carbocycles. The Bertz CT molecular complexity index is 620. The first-order chi connectivity index (χ1) is 10.4. The summed E-state index contributed by atoms with van der Waals surface area (Å²) in [7, 11) is 0.0541. The molecule has 22 heavy (non-hydrogen) atoms. The van der Waals surface area contributed by atoms with Crippen molar-refractivity contribution in [1.29, 1.82) is 0 Å². The summed E-state index contributed by atoms with van der Waals surface area (Å²) in [4.78, 5) is 0. The maximum atomic E-state index is 5.74. The third-order valence-electron chi connectivity index (χ3n) is 5.99. The van der Waals surface area contributed by atoms with E-state index in [1.165, 1.54) is 22.8 Å². The third-order valence-corrected chi connectivity index (χ3v) is 11.7. The van der Waals surface area contributed by atoms with Crippen LogP contribution in [-0.2, 0) is 0 Å². The molecule has 1 aromatic rings. The molecule has 1 aliphatic carbocycles. The van der Waals surface area contributed by atoms with E-state index in [0.29, 0.717) is 5.92 Å². The second-order valence-corrected chi connectivity index (χ2v) is 11.2. The summed E-state index contributed by atoms with van der Waals surface area (Å²) in [6.07, 6.45) is 0. The van der Waals surface area contributed by atoms with Crippen LogP contribution in [-0.4, -0.2) is 15.2 Å². The molecule has 0 N–H and O–H groups in total. The molecule has 0 aromatic heterocycles. The zero-order valence-electron chi connectivity index (χ0n) is 15.2. The van der Waals surface area contributed by atoms with E-state index in [9.17, 15) is 0 Å². The van der Waals surface area contributed by atoms with E-state index < -0.39 is 8.07 Å². The highest BCUT2D eigenvalue weighted by atomic mass is 28.3. The van der Waals surface area contributed by atoms with Crippen molar-refractivity contribution in [2.24, 2.45) is 5.92 Å². The summed E-state index contributed by atoms with van der Waals surface area (Å²) in [5.41, 5.74) is 4.61. The number of benzene rings is 1. The van der Waals surface area contributed by atoms with Crippen LogP contribution in [0.25, 0.3) is 0 Å². The average Bonchev–Trinajstić information content (AvgIpc) is 2.75. The Hall–Kier alpha value is -1.28. The lowest BCUT2D eigenvalue weighted by Gasteiger charge is -2.36. The van der Waals surface area contributed by atoms with Gasteiger partial charge in [0, 0.05) is 0 Å². The lowest BCUT2D eigenvalue weighted by molar-refractivity contribution is 0.418. The van der Waals surface area contributed by atoms with Gasteiger partial charge in [-0.1, -0.05) is 67.4 Å². The quantitative estimate of drug-likeness (QED) is 0.676. The van der Waals surface area contributed by atoms with Crippen molar-refractivity contribution >= 4 is 13.3 Å². The molecule has 1 nitrogen and oxygen atoms in total. The van der Waals surface area contributed by atoms with Crippen molar-refractivity contribution in [3.63, 3.8) is 0 Å². The van der Waals surface area contributed by atoms with Crippen molar-refractivity contribution in [1.82, 2.24) is 0 Å². The molecule has 1 aliphatic rings.